The van der Waals surface area contributed by atoms with Gasteiger partial charge in [-0.1, -0.05) is 12.1 Å². The number of hydrogen-bond acceptors (Lipinski definition) is 3. The Morgan fingerprint density at radius 1 is 1.53 bits per heavy atom. The predicted octanol–water partition coefficient (Wildman–Crippen LogP) is 3.08. The second-order valence-corrected chi connectivity index (χ2v) is 4.90. The number of aliphatic carboxylic acids is 1. The van der Waals surface area contributed by atoms with Crippen LogP contribution in [0.25, 0.3) is 10.2 Å². The van der Waals surface area contributed by atoms with Crippen LogP contribution in [0.5, 0.6) is 0 Å². The Morgan fingerprint density at radius 3 is 2.87 bits per heavy atom. The van der Waals surface area contributed by atoms with Gasteiger partial charge in [-0.05, 0) is 31.3 Å². The second-order valence-electron chi connectivity index (χ2n) is 3.22. The minimum atomic E-state index is -0.866. The van der Waals surface area contributed by atoms with Crippen LogP contribution in [-0.2, 0) is 4.79 Å². The van der Waals surface area contributed by atoms with Crippen molar-refractivity contribution in [1.29, 1.82) is 0 Å². The van der Waals surface area contributed by atoms with E-state index in [1.165, 1.54) is 11.3 Å². The molecule has 5 heteroatoms. The van der Waals surface area contributed by atoms with E-state index in [9.17, 15) is 4.79 Å². The maximum Gasteiger partial charge on any atom is 0.326 e. The topological polar surface area (TPSA) is 42.2 Å². The normalized spacial score (nSPS) is 12.9. The highest BCUT2D eigenvalue weighted by Gasteiger charge is 2.16. The Kier molecular flexibility index (Phi) is 2.58. The Hall–Kier alpha value is -1.20. The molecule has 2 aromatic rings. The van der Waals surface area contributed by atoms with Gasteiger partial charge in [0.15, 0.2) is 3.95 Å². The third kappa shape index (κ3) is 1.68. The van der Waals surface area contributed by atoms with E-state index in [4.69, 9.17) is 17.3 Å². The molecule has 0 aliphatic rings. The van der Waals surface area contributed by atoms with Gasteiger partial charge in [-0.3, -0.25) is 0 Å². The molecule has 3 nitrogen and oxygen atoms in total. The summed E-state index contributed by atoms with van der Waals surface area (Å²) < 4.78 is 3.30. The van der Waals surface area contributed by atoms with Crippen LogP contribution in [0.3, 0.4) is 0 Å². The lowest BCUT2D eigenvalue weighted by atomic mass is 10.3. The van der Waals surface area contributed by atoms with Crippen LogP contribution in [0.2, 0.25) is 0 Å². The molecule has 0 saturated heterocycles. The van der Waals surface area contributed by atoms with Crippen LogP contribution >= 0.6 is 23.6 Å². The van der Waals surface area contributed by atoms with Crippen LogP contribution in [0, 0.1) is 3.95 Å². The molecule has 78 valence electrons. The largest absolute Gasteiger partial charge is 0.480 e. The first-order valence-corrected chi connectivity index (χ1v) is 5.66. The summed E-state index contributed by atoms with van der Waals surface area (Å²) in [5.41, 5.74) is 0.891. The molecule has 0 fully saturated rings. The average Bonchev–Trinajstić information content (AvgIpc) is 2.52. The van der Waals surface area contributed by atoms with Gasteiger partial charge < -0.3 is 9.67 Å². The lowest BCUT2D eigenvalue weighted by molar-refractivity contribution is -0.140. The minimum Gasteiger partial charge on any atom is -0.480 e. The molecule has 0 radical (unpaired) electrons. The fourth-order valence-corrected chi connectivity index (χ4v) is 2.95. The first-order valence-electron chi connectivity index (χ1n) is 4.44. The van der Waals surface area contributed by atoms with Gasteiger partial charge in [-0.25, -0.2) is 4.79 Å². The molecule has 0 aliphatic carbocycles. The molecule has 0 aliphatic heterocycles. The number of carboxylic acid groups (broad SMARTS) is 1. The van der Waals surface area contributed by atoms with E-state index in [-0.39, 0.29) is 0 Å². The van der Waals surface area contributed by atoms with E-state index in [0.717, 1.165) is 10.2 Å². The predicted molar refractivity (Wildman–Crippen MR) is 63.0 cm³/mol. The van der Waals surface area contributed by atoms with Crippen molar-refractivity contribution in [1.82, 2.24) is 4.57 Å². The number of benzene rings is 1. The molecule has 1 unspecified atom stereocenters. The lowest BCUT2D eigenvalue weighted by Gasteiger charge is -2.09. The third-order valence-corrected chi connectivity index (χ3v) is 3.65. The van der Waals surface area contributed by atoms with Crippen LogP contribution in [-0.4, -0.2) is 15.6 Å². The van der Waals surface area contributed by atoms with Crippen LogP contribution in [0.15, 0.2) is 24.3 Å². The summed E-state index contributed by atoms with van der Waals surface area (Å²) in [7, 11) is 0. The van der Waals surface area contributed by atoms with Crippen LogP contribution in [0.1, 0.15) is 13.0 Å². The van der Waals surface area contributed by atoms with Crippen molar-refractivity contribution in [2.45, 2.75) is 13.0 Å². The zero-order valence-electron chi connectivity index (χ0n) is 8.01. The van der Waals surface area contributed by atoms with Crippen molar-refractivity contribution in [2.75, 3.05) is 0 Å². The SMILES string of the molecule is CC(C(=O)O)n1c(=S)sc2ccccc21. The van der Waals surface area contributed by atoms with Crippen molar-refractivity contribution in [2.24, 2.45) is 0 Å². The maximum absolute atomic E-state index is 10.9. The highest BCUT2D eigenvalue weighted by molar-refractivity contribution is 7.73. The van der Waals surface area contributed by atoms with E-state index >= 15 is 0 Å². The maximum atomic E-state index is 10.9. The van der Waals surface area contributed by atoms with E-state index in [2.05, 4.69) is 0 Å². The van der Waals surface area contributed by atoms with Gasteiger partial charge in [-0.2, -0.15) is 0 Å². The lowest BCUT2D eigenvalue weighted by Crippen LogP contribution is -2.15. The monoisotopic (exact) mass is 239 g/mol. The first-order chi connectivity index (χ1) is 7.11. The number of aromatic nitrogens is 1. The Morgan fingerprint density at radius 2 is 2.20 bits per heavy atom. The highest BCUT2D eigenvalue weighted by Crippen LogP contribution is 2.26. The smallest absolute Gasteiger partial charge is 0.326 e. The number of fused-ring (bicyclic) bond motifs is 1. The molecule has 1 atom stereocenters. The summed E-state index contributed by atoms with van der Waals surface area (Å²) in [4.78, 5) is 10.9. The van der Waals surface area contributed by atoms with Crippen LogP contribution in [0.4, 0.5) is 0 Å². The van der Waals surface area contributed by atoms with Gasteiger partial charge in [0.25, 0.3) is 0 Å². The summed E-state index contributed by atoms with van der Waals surface area (Å²) in [6.07, 6.45) is 0. The second kappa shape index (κ2) is 3.75. The molecule has 1 N–H and O–H groups in total. The molecule has 1 aromatic heterocycles. The highest BCUT2D eigenvalue weighted by atomic mass is 32.1. The van der Waals surface area contributed by atoms with Crippen molar-refractivity contribution < 1.29 is 9.90 Å². The molecule has 2 rings (SSSR count). The Bertz CT molecular complexity index is 570. The van der Waals surface area contributed by atoms with E-state index in [1.807, 2.05) is 24.3 Å². The number of thiazole rings is 1. The number of hydrogen-bond donors (Lipinski definition) is 1. The minimum absolute atomic E-state index is 0.603. The Balaban J connectivity index is 2.74. The van der Waals surface area contributed by atoms with Gasteiger partial charge in [0.2, 0.25) is 0 Å². The van der Waals surface area contributed by atoms with Crippen LogP contribution < -0.4 is 0 Å². The number of rotatable bonds is 2. The van der Waals surface area contributed by atoms with E-state index in [0.29, 0.717) is 3.95 Å². The molecular weight excluding hydrogens is 230 g/mol. The fourth-order valence-electron chi connectivity index (χ4n) is 1.46. The molecule has 0 saturated carbocycles. The summed E-state index contributed by atoms with van der Waals surface area (Å²) in [5, 5.41) is 8.98. The molecule has 1 aromatic carbocycles. The van der Waals surface area contributed by atoms with Gasteiger partial charge in [0, 0.05) is 0 Å². The first kappa shape index (κ1) is 10.3. The summed E-state index contributed by atoms with van der Waals surface area (Å²) in [6.45, 7) is 1.64. The fraction of sp³-hybridized carbons (Fsp3) is 0.200. The van der Waals surface area contributed by atoms with Gasteiger partial charge >= 0.3 is 5.97 Å². The van der Waals surface area contributed by atoms with Crippen molar-refractivity contribution in [3.63, 3.8) is 0 Å². The van der Waals surface area contributed by atoms with E-state index in [1.54, 1.807) is 11.5 Å². The summed E-state index contributed by atoms with van der Waals surface area (Å²) in [5.74, 6) is -0.866. The molecular formula is C10H9NO2S2. The number of carbonyl (C=O) groups is 1. The van der Waals surface area contributed by atoms with Crippen molar-refractivity contribution in [3.8, 4) is 0 Å². The number of nitrogens with zero attached hydrogens (tertiary/aromatic N) is 1. The quantitative estimate of drug-likeness (QED) is 0.819. The summed E-state index contributed by atoms with van der Waals surface area (Å²) in [6, 6.07) is 7.02. The Labute approximate surface area is 95.6 Å². The molecule has 1 heterocycles. The molecule has 15 heavy (non-hydrogen) atoms. The summed E-state index contributed by atoms with van der Waals surface area (Å²) >= 11 is 6.61. The third-order valence-electron chi connectivity index (χ3n) is 2.26. The molecule has 0 amide bonds. The zero-order valence-corrected chi connectivity index (χ0v) is 9.64. The zero-order chi connectivity index (χ0) is 11.0. The van der Waals surface area contributed by atoms with Crippen molar-refractivity contribution >= 4 is 39.7 Å². The molecule has 0 spiro atoms. The average molecular weight is 239 g/mol. The van der Waals surface area contributed by atoms with E-state index < -0.39 is 12.0 Å². The van der Waals surface area contributed by atoms with Gasteiger partial charge in [0.05, 0.1) is 10.2 Å². The standard InChI is InChI=1S/C10H9NO2S2/c1-6(9(12)13)11-7-4-2-3-5-8(7)15-10(11)14/h2-6H,1H3,(H,12,13). The van der Waals surface area contributed by atoms with Crippen molar-refractivity contribution in [3.05, 3.63) is 28.2 Å². The van der Waals surface area contributed by atoms with Gasteiger partial charge in [-0.15, -0.1) is 11.3 Å². The number of carboxylic acids is 1. The molecule has 0 bridgehead atoms. The van der Waals surface area contributed by atoms with Gasteiger partial charge in [0.1, 0.15) is 6.04 Å². The number of para-hydroxylation sites is 1.